The number of aromatic nitrogens is 2. The highest BCUT2D eigenvalue weighted by Gasteiger charge is 2.16. The van der Waals surface area contributed by atoms with Crippen LogP contribution in [0.5, 0.6) is 0 Å². The summed E-state index contributed by atoms with van der Waals surface area (Å²) in [5, 5.41) is 9.55. The van der Waals surface area contributed by atoms with Crippen molar-refractivity contribution >= 4 is 28.1 Å². The lowest BCUT2D eigenvalue weighted by Crippen LogP contribution is -2.29. The number of carbonyl (C=O) groups is 1. The molecule has 21 heavy (non-hydrogen) atoms. The second kappa shape index (κ2) is 6.64. The fraction of sp³-hybridized carbons (Fsp3) is 0.357. The summed E-state index contributed by atoms with van der Waals surface area (Å²) in [6.45, 7) is 0.0307. The molecule has 1 aromatic heterocycles. The van der Waals surface area contributed by atoms with Crippen molar-refractivity contribution in [1.29, 1.82) is 0 Å². The lowest BCUT2D eigenvalue weighted by molar-refractivity contribution is -0.121. The Bertz CT molecular complexity index is 610. The molecular weight excluding hydrogens is 288 g/mol. The summed E-state index contributed by atoms with van der Waals surface area (Å²) in [7, 11) is 7.15. The molecule has 0 fully saturated rings. The first-order valence-electron chi connectivity index (χ1n) is 6.39. The van der Waals surface area contributed by atoms with Gasteiger partial charge in [-0.1, -0.05) is 11.3 Å². The van der Waals surface area contributed by atoms with Crippen molar-refractivity contribution < 1.29 is 9.53 Å². The van der Waals surface area contributed by atoms with E-state index in [9.17, 15) is 4.79 Å². The Morgan fingerprint density at radius 3 is 2.43 bits per heavy atom. The van der Waals surface area contributed by atoms with Crippen molar-refractivity contribution in [3.8, 4) is 10.6 Å². The van der Waals surface area contributed by atoms with Gasteiger partial charge in [0, 0.05) is 39.5 Å². The SMILES string of the molecule is COCC(=O)N(C)c1nnc(-c2ccc(N(C)C)cc2)s1. The third-order valence-corrected chi connectivity index (χ3v) is 4.02. The highest BCUT2D eigenvalue weighted by molar-refractivity contribution is 7.18. The molecule has 2 rings (SSSR count). The normalized spacial score (nSPS) is 10.5. The minimum Gasteiger partial charge on any atom is -0.378 e. The zero-order chi connectivity index (χ0) is 15.4. The highest BCUT2D eigenvalue weighted by Crippen LogP contribution is 2.29. The van der Waals surface area contributed by atoms with Gasteiger partial charge in [-0.2, -0.15) is 0 Å². The van der Waals surface area contributed by atoms with E-state index in [0.717, 1.165) is 16.3 Å². The second-order valence-corrected chi connectivity index (χ2v) is 5.67. The number of amides is 1. The number of hydrogen-bond acceptors (Lipinski definition) is 6. The lowest BCUT2D eigenvalue weighted by Gasteiger charge is -2.12. The van der Waals surface area contributed by atoms with Gasteiger partial charge in [0.2, 0.25) is 5.13 Å². The van der Waals surface area contributed by atoms with Crippen molar-refractivity contribution in [1.82, 2.24) is 10.2 Å². The maximum Gasteiger partial charge on any atom is 0.254 e. The van der Waals surface area contributed by atoms with Gasteiger partial charge < -0.3 is 9.64 Å². The molecule has 0 aliphatic heterocycles. The van der Waals surface area contributed by atoms with Crippen molar-refractivity contribution in [3.05, 3.63) is 24.3 Å². The molecule has 0 radical (unpaired) electrons. The van der Waals surface area contributed by atoms with Crippen LogP contribution in [0.3, 0.4) is 0 Å². The van der Waals surface area contributed by atoms with Crippen LogP contribution in [0, 0.1) is 0 Å². The van der Waals surface area contributed by atoms with Gasteiger partial charge in [-0.3, -0.25) is 9.69 Å². The molecule has 1 amide bonds. The predicted octanol–water partition coefficient (Wildman–Crippen LogP) is 1.88. The van der Waals surface area contributed by atoms with Gasteiger partial charge >= 0.3 is 0 Å². The van der Waals surface area contributed by atoms with Crippen molar-refractivity contribution in [3.63, 3.8) is 0 Å². The number of ether oxygens (including phenoxy) is 1. The van der Waals surface area contributed by atoms with Crippen LogP contribution in [0.1, 0.15) is 0 Å². The predicted molar refractivity (Wildman–Crippen MR) is 85.0 cm³/mol. The Balaban J connectivity index is 2.17. The number of hydrogen-bond donors (Lipinski definition) is 0. The van der Waals surface area contributed by atoms with Gasteiger partial charge in [-0.15, -0.1) is 10.2 Å². The third kappa shape index (κ3) is 3.56. The Hall–Kier alpha value is -1.99. The fourth-order valence-electron chi connectivity index (χ4n) is 1.70. The molecule has 0 N–H and O–H groups in total. The first kappa shape index (κ1) is 15.4. The van der Waals surface area contributed by atoms with E-state index in [2.05, 4.69) is 10.2 Å². The largest absolute Gasteiger partial charge is 0.378 e. The highest BCUT2D eigenvalue weighted by atomic mass is 32.1. The first-order chi connectivity index (χ1) is 10.0. The molecule has 0 bridgehead atoms. The van der Waals surface area contributed by atoms with E-state index in [1.54, 1.807) is 7.05 Å². The number of methoxy groups -OCH3 is 1. The molecule has 1 heterocycles. The maximum absolute atomic E-state index is 11.7. The molecule has 112 valence electrons. The average Bonchev–Trinajstić information content (AvgIpc) is 2.96. The summed E-state index contributed by atoms with van der Waals surface area (Å²) < 4.78 is 4.83. The molecule has 0 saturated heterocycles. The molecular formula is C14H18N4O2S. The van der Waals surface area contributed by atoms with Crippen molar-refractivity contribution in [2.24, 2.45) is 0 Å². The van der Waals surface area contributed by atoms with E-state index in [0.29, 0.717) is 5.13 Å². The molecule has 1 aromatic carbocycles. The molecule has 6 nitrogen and oxygen atoms in total. The summed E-state index contributed by atoms with van der Waals surface area (Å²) >= 11 is 1.38. The summed E-state index contributed by atoms with van der Waals surface area (Å²) in [6, 6.07) is 8.04. The van der Waals surface area contributed by atoms with Crippen LogP contribution in [-0.4, -0.2) is 51.0 Å². The van der Waals surface area contributed by atoms with Gasteiger partial charge in [-0.05, 0) is 24.3 Å². The summed E-state index contributed by atoms with van der Waals surface area (Å²) in [5.41, 5.74) is 2.10. The number of rotatable bonds is 5. The monoisotopic (exact) mass is 306 g/mol. The quantitative estimate of drug-likeness (QED) is 0.844. The summed E-state index contributed by atoms with van der Waals surface area (Å²) in [5.74, 6) is -0.150. The minimum atomic E-state index is -0.150. The van der Waals surface area contributed by atoms with Crippen LogP contribution in [0.15, 0.2) is 24.3 Å². The van der Waals surface area contributed by atoms with E-state index in [4.69, 9.17) is 4.74 Å². The number of benzene rings is 1. The number of carbonyl (C=O) groups excluding carboxylic acids is 1. The zero-order valence-corrected chi connectivity index (χ0v) is 13.3. The maximum atomic E-state index is 11.7. The molecule has 0 spiro atoms. The fourth-order valence-corrected chi connectivity index (χ4v) is 2.53. The first-order valence-corrected chi connectivity index (χ1v) is 7.21. The zero-order valence-electron chi connectivity index (χ0n) is 12.5. The molecule has 0 saturated carbocycles. The average molecular weight is 306 g/mol. The molecule has 0 unspecified atom stereocenters. The number of anilines is 2. The van der Waals surface area contributed by atoms with Gasteiger partial charge in [0.15, 0.2) is 0 Å². The Labute approximate surface area is 128 Å². The van der Waals surface area contributed by atoms with E-state index in [1.165, 1.54) is 23.3 Å². The third-order valence-electron chi connectivity index (χ3n) is 2.97. The Morgan fingerprint density at radius 1 is 1.19 bits per heavy atom. The molecule has 0 aliphatic carbocycles. The van der Waals surface area contributed by atoms with Crippen LogP contribution in [0.2, 0.25) is 0 Å². The Kier molecular flexibility index (Phi) is 4.87. The van der Waals surface area contributed by atoms with Crippen LogP contribution in [-0.2, 0) is 9.53 Å². The molecule has 0 aliphatic rings. The molecule has 2 aromatic rings. The number of nitrogens with zero attached hydrogens (tertiary/aromatic N) is 4. The lowest BCUT2D eigenvalue weighted by atomic mass is 10.2. The molecule has 7 heteroatoms. The van der Waals surface area contributed by atoms with Crippen LogP contribution in [0.4, 0.5) is 10.8 Å². The Morgan fingerprint density at radius 2 is 1.86 bits per heavy atom. The van der Waals surface area contributed by atoms with Crippen LogP contribution in [0.25, 0.3) is 10.6 Å². The van der Waals surface area contributed by atoms with Crippen molar-refractivity contribution in [2.45, 2.75) is 0 Å². The topological polar surface area (TPSA) is 58.6 Å². The van der Waals surface area contributed by atoms with Crippen LogP contribution >= 0.6 is 11.3 Å². The smallest absolute Gasteiger partial charge is 0.254 e. The molecule has 0 atom stereocenters. The van der Waals surface area contributed by atoms with Crippen molar-refractivity contribution in [2.75, 3.05) is 44.7 Å². The van der Waals surface area contributed by atoms with Gasteiger partial charge in [0.05, 0.1) is 0 Å². The standard InChI is InChI=1S/C14H18N4O2S/c1-17(2)11-7-5-10(6-8-11)13-15-16-14(21-13)18(3)12(19)9-20-4/h5-8H,9H2,1-4H3. The van der Waals surface area contributed by atoms with Gasteiger partial charge in [0.1, 0.15) is 11.6 Å². The van der Waals surface area contributed by atoms with Crippen LogP contribution < -0.4 is 9.80 Å². The van der Waals surface area contributed by atoms with Gasteiger partial charge in [0.25, 0.3) is 5.91 Å². The summed E-state index contributed by atoms with van der Waals surface area (Å²) in [6.07, 6.45) is 0. The second-order valence-electron chi connectivity index (χ2n) is 4.72. The van der Waals surface area contributed by atoms with E-state index < -0.39 is 0 Å². The van der Waals surface area contributed by atoms with E-state index in [1.807, 2.05) is 43.3 Å². The minimum absolute atomic E-state index is 0.0307. The summed E-state index contributed by atoms with van der Waals surface area (Å²) in [4.78, 5) is 15.2. The van der Waals surface area contributed by atoms with Gasteiger partial charge in [-0.25, -0.2) is 0 Å². The van der Waals surface area contributed by atoms with E-state index in [-0.39, 0.29) is 12.5 Å². The number of likely N-dealkylation sites (N-methyl/N-ethyl adjacent to an activating group) is 1. The van der Waals surface area contributed by atoms with E-state index >= 15 is 0 Å².